The van der Waals surface area contributed by atoms with Crippen molar-refractivity contribution in [1.82, 2.24) is 15.1 Å². The lowest BCUT2D eigenvalue weighted by atomic mass is 10.2. The minimum Gasteiger partial charge on any atom is -0.368 e. The standard InChI is InChI=1S/C23H19F2N5O/c24-18-5-7-20(8-6-18)29-10-12-30(13-11-29)21-9-4-17(15-26-21)23-27-22(28-31-23)16-2-1-3-19(25)14-16/h1-9,14-15H,10-13H2. The lowest BCUT2D eigenvalue weighted by Gasteiger charge is -2.36. The molecule has 0 aliphatic carbocycles. The zero-order valence-corrected chi connectivity index (χ0v) is 16.6. The monoisotopic (exact) mass is 419 g/mol. The third-order valence-corrected chi connectivity index (χ3v) is 5.30. The molecule has 31 heavy (non-hydrogen) atoms. The van der Waals surface area contributed by atoms with E-state index in [1.807, 2.05) is 12.1 Å². The molecule has 6 nitrogen and oxygen atoms in total. The van der Waals surface area contributed by atoms with Crippen LogP contribution >= 0.6 is 0 Å². The molecule has 0 amide bonds. The topological polar surface area (TPSA) is 58.3 Å². The molecule has 8 heteroatoms. The van der Waals surface area contributed by atoms with Gasteiger partial charge in [0.1, 0.15) is 17.5 Å². The summed E-state index contributed by atoms with van der Waals surface area (Å²) in [6.45, 7) is 3.29. The van der Waals surface area contributed by atoms with Gasteiger partial charge in [-0.15, -0.1) is 0 Å². The van der Waals surface area contributed by atoms with E-state index in [4.69, 9.17) is 4.52 Å². The molecule has 1 aliphatic rings. The van der Waals surface area contributed by atoms with Crippen molar-refractivity contribution in [3.63, 3.8) is 0 Å². The van der Waals surface area contributed by atoms with Gasteiger partial charge in [-0.25, -0.2) is 13.8 Å². The van der Waals surface area contributed by atoms with E-state index < -0.39 is 0 Å². The summed E-state index contributed by atoms with van der Waals surface area (Å²) < 4.78 is 31.9. The molecule has 2 aromatic heterocycles. The molecule has 2 aromatic carbocycles. The van der Waals surface area contributed by atoms with Crippen LogP contribution in [0.2, 0.25) is 0 Å². The van der Waals surface area contributed by atoms with Crippen LogP contribution in [0.1, 0.15) is 0 Å². The van der Waals surface area contributed by atoms with Crippen LogP contribution in [0.4, 0.5) is 20.3 Å². The normalized spacial score (nSPS) is 14.1. The number of nitrogens with zero attached hydrogens (tertiary/aromatic N) is 5. The van der Waals surface area contributed by atoms with Crippen LogP contribution in [-0.4, -0.2) is 41.3 Å². The highest BCUT2D eigenvalue weighted by Gasteiger charge is 2.19. The minimum atomic E-state index is -0.352. The first-order valence-corrected chi connectivity index (χ1v) is 9.97. The molecular weight excluding hydrogens is 400 g/mol. The third-order valence-electron chi connectivity index (χ3n) is 5.30. The van der Waals surface area contributed by atoms with Crippen LogP contribution in [0, 0.1) is 11.6 Å². The van der Waals surface area contributed by atoms with Gasteiger partial charge in [-0.3, -0.25) is 0 Å². The molecule has 1 saturated heterocycles. The molecule has 0 atom stereocenters. The lowest BCUT2D eigenvalue weighted by Crippen LogP contribution is -2.46. The fourth-order valence-electron chi connectivity index (χ4n) is 3.63. The summed E-state index contributed by atoms with van der Waals surface area (Å²) >= 11 is 0. The smallest absolute Gasteiger partial charge is 0.259 e. The Labute approximate surface area is 177 Å². The van der Waals surface area contributed by atoms with E-state index in [9.17, 15) is 8.78 Å². The van der Waals surface area contributed by atoms with Crippen LogP contribution < -0.4 is 9.80 Å². The van der Waals surface area contributed by atoms with Gasteiger partial charge in [-0.2, -0.15) is 4.98 Å². The summed E-state index contributed by atoms with van der Waals surface area (Å²) in [4.78, 5) is 13.3. The van der Waals surface area contributed by atoms with Gasteiger partial charge < -0.3 is 14.3 Å². The van der Waals surface area contributed by atoms with E-state index >= 15 is 0 Å². The fraction of sp³-hybridized carbons (Fsp3) is 0.174. The molecule has 0 radical (unpaired) electrons. The highest BCUT2D eigenvalue weighted by atomic mass is 19.1. The van der Waals surface area contributed by atoms with Gasteiger partial charge in [0.05, 0.1) is 5.56 Å². The lowest BCUT2D eigenvalue weighted by molar-refractivity contribution is 0.432. The van der Waals surface area contributed by atoms with Gasteiger partial charge >= 0.3 is 0 Å². The zero-order valence-electron chi connectivity index (χ0n) is 16.6. The van der Waals surface area contributed by atoms with Crippen molar-refractivity contribution in [3.05, 3.63) is 78.5 Å². The molecule has 0 unspecified atom stereocenters. The number of pyridine rings is 1. The molecule has 1 aliphatic heterocycles. The van der Waals surface area contributed by atoms with Crippen molar-refractivity contribution in [2.75, 3.05) is 36.0 Å². The SMILES string of the molecule is Fc1ccc(N2CCN(c3ccc(-c4nc(-c5cccc(F)c5)no4)cn3)CC2)cc1. The summed E-state index contributed by atoms with van der Waals surface area (Å²) in [5, 5.41) is 3.94. The predicted octanol–water partition coefficient (Wildman–Crippen LogP) is 4.40. The molecule has 0 N–H and O–H groups in total. The van der Waals surface area contributed by atoms with Crippen LogP contribution in [0.5, 0.6) is 0 Å². The molecule has 156 valence electrons. The second-order valence-corrected chi connectivity index (χ2v) is 7.29. The number of hydrogen-bond acceptors (Lipinski definition) is 6. The Morgan fingerprint density at radius 3 is 2.26 bits per heavy atom. The van der Waals surface area contributed by atoms with E-state index in [-0.39, 0.29) is 11.6 Å². The first kappa shape index (κ1) is 19.2. The van der Waals surface area contributed by atoms with Crippen molar-refractivity contribution in [1.29, 1.82) is 0 Å². The number of piperazine rings is 1. The molecule has 0 spiro atoms. The maximum absolute atomic E-state index is 13.4. The van der Waals surface area contributed by atoms with Crippen molar-refractivity contribution >= 4 is 11.5 Å². The molecule has 4 aromatic rings. The second-order valence-electron chi connectivity index (χ2n) is 7.29. The van der Waals surface area contributed by atoms with Crippen molar-refractivity contribution in [2.24, 2.45) is 0 Å². The largest absolute Gasteiger partial charge is 0.368 e. The summed E-state index contributed by atoms with van der Waals surface area (Å²) in [6, 6.07) is 16.5. The highest BCUT2D eigenvalue weighted by molar-refractivity contribution is 5.60. The van der Waals surface area contributed by atoms with Crippen molar-refractivity contribution in [2.45, 2.75) is 0 Å². The average Bonchev–Trinajstić information content (AvgIpc) is 3.30. The van der Waals surface area contributed by atoms with Crippen LogP contribution in [0.15, 0.2) is 71.4 Å². The number of rotatable bonds is 4. The van der Waals surface area contributed by atoms with Crippen molar-refractivity contribution in [3.8, 4) is 22.8 Å². The first-order valence-electron chi connectivity index (χ1n) is 9.97. The summed E-state index contributed by atoms with van der Waals surface area (Å²) in [7, 11) is 0. The maximum atomic E-state index is 13.4. The Morgan fingerprint density at radius 1 is 0.774 bits per heavy atom. The summed E-state index contributed by atoms with van der Waals surface area (Å²) in [5.74, 6) is 0.952. The summed E-state index contributed by atoms with van der Waals surface area (Å²) in [6.07, 6.45) is 1.70. The number of aromatic nitrogens is 3. The van der Waals surface area contributed by atoms with E-state index in [0.29, 0.717) is 22.8 Å². The summed E-state index contributed by atoms with van der Waals surface area (Å²) in [5.41, 5.74) is 2.28. The van der Waals surface area contributed by atoms with Gasteiger partial charge in [0, 0.05) is 43.6 Å². The van der Waals surface area contributed by atoms with Gasteiger partial charge in [0.25, 0.3) is 5.89 Å². The van der Waals surface area contributed by atoms with Gasteiger partial charge in [-0.1, -0.05) is 17.3 Å². The van der Waals surface area contributed by atoms with Gasteiger partial charge in [0.15, 0.2) is 0 Å². The Balaban J connectivity index is 1.25. The molecule has 1 fully saturated rings. The molecule has 5 rings (SSSR count). The Bertz CT molecular complexity index is 1170. The predicted molar refractivity (Wildman–Crippen MR) is 114 cm³/mol. The molecule has 0 bridgehead atoms. The molecule has 3 heterocycles. The Hall–Kier alpha value is -3.81. The van der Waals surface area contributed by atoms with Crippen LogP contribution in [-0.2, 0) is 0 Å². The van der Waals surface area contributed by atoms with Crippen molar-refractivity contribution < 1.29 is 13.3 Å². The van der Waals surface area contributed by atoms with Crippen LogP contribution in [0.25, 0.3) is 22.8 Å². The first-order chi connectivity index (χ1) is 15.2. The average molecular weight is 419 g/mol. The molecular formula is C23H19F2N5O. The van der Waals surface area contributed by atoms with E-state index in [1.54, 1.807) is 30.5 Å². The van der Waals surface area contributed by atoms with Gasteiger partial charge in [0.2, 0.25) is 5.82 Å². The quantitative estimate of drug-likeness (QED) is 0.489. The fourth-order valence-corrected chi connectivity index (χ4v) is 3.63. The van der Waals surface area contributed by atoms with E-state index in [0.717, 1.165) is 37.7 Å². The highest BCUT2D eigenvalue weighted by Crippen LogP contribution is 2.25. The van der Waals surface area contributed by atoms with E-state index in [1.165, 1.54) is 24.3 Å². The van der Waals surface area contributed by atoms with Gasteiger partial charge in [-0.05, 0) is 48.5 Å². The number of anilines is 2. The zero-order chi connectivity index (χ0) is 21.2. The number of benzene rings is 2. The third kappa shape index (κ3) is 4.09. The Kier molecular flexibility index (Phi) is 5.03. The molecule has 0 saturated carbocycles. The number of hydrogen-bond donors (Lipinski definition) is 0. The maximum Gasteiger partial charge on any atom is 0.259 e. The van der Waals surface area contributed by atoms with Crippen LogP contribution in [0.3, 0.4) is 0 Å². The Morgan fingerprint density at radius 2 is 1.55 bits per heavy atom. The second kappa shape index (κ2) is 8.14. The number of halogens is 2. The minimum absolute atomic E-state index is 0.226. The van der Waals surface area contributed by atoms with E-state index in [2.05, 4.69) is 24.9 Å².